The third-order valence-corrected chi connectivity index (χ3v) is 2.85. The summed E-state index contributed by atoms with van der Waals surface area (Å²) in [5, 5.41) is 0. The lowest BCUT2D eigenvalue weighted by molar-refractivity contribution is -0.139. The molecule has 0 aromatic carbocycles. The molecule has 0 aromatic rings. The largest absolute Gasteiger partial charge is 0.460 e. The summed E-state index contributed by atoms with van der Waals surface area (Å²) in [6.45, 7) is 12.0. The number of esters is 1. The minimum absolute atomic E-state index is 0.214. The molecule has 0 aromatic heterocycles. The van der Waals surface area contributed by atoms with Gasteiger partial charge in [0.05, 0.1) is 72.7 Å². The molecule has 0 aliphatic rings. The molecular formula is C18H34O8. The van der Waals surface area contributed by atoms with Crippen molar-refractivity contribution in [2.75, 3.05) is 85.9 Å². The van der Waals surface area contributed by atoms with Gasteiger partial charge < -0.3 is 33.2 Å². The van der Waals surface area contributed by atoms with Gasteiger partial charge in [-0.25, -0.2) is 4.79 Å². The maximum absolute atomic E-state index is 10.7. The quantitative estimate of drug-likeness (QED) is 0.168. The lowest BCUT2D eigenvalue weighted by Gasteiger charge is -2.08. The van der Waals surface area contributed by atoms with Gasteiger partial charge in [-0.15, -0.1) is 0 Å². The van der Waals surface area contributed by atoms with Crippen LogP contribution in [0.25, 0.3) is 0 Å². The van der Waals surface area contributed by atoms with Crippen LogP contribution >= 0.6 is 0 Å². The molecule has 0 N–H and O–H groups in total. The second-order valence-corrected chi connectivity index (χ2v) is 5.05. The van der Waals surface area contributed by atoms with Crippen LogP contribution in [0, 0.1) is 0 Å². The Morgan fingerprint density at radius 2 is 0.923 bits per heavy atom. The first-order valence-corrected chi connectivity index (χ1v) is 9.07. The molecule has 8 nitrogen and oxygen atoms in total. The van der Waals surface area contributed by atoms with Gasteiger partial charge in [-0.3, -0.25) is 0 Å². The van der Waals surface area contributed by atoms with Crippen LogP contribution in [0.4, 0.5) is 0 Å². The summed E-state index contributed by atoms with van der Waals surface area (Å²) in [6.07, 6.45) is 2.14. The van der Waals surface area contributed by atoms with Crippen LogP contribution in [0.2, 0.25) is 0 Å². The van der Waals surface area contributed by atoms with Gasteiger partial charge >= 0.3 is 5.97 Å². The maximum atomic E-state index is 10.7. The molecule has 0 unspecified atom stereocenters. The SMILES string of the molecule is C=CC(=O)OCCOCCOCCOCCOCCOCCOCCC. The molecule has 0 heterocycles. The third kappa shape index (κ3) is 21.0. The summed E-state index contributed by atoms with van der Waals surface area (Å²) < 4.78 is 36.7. The first-order chi connectivity index (χ1) is 12.8. The molecule has 8 heteroatoms. The molecule has 0 amide bonds. The average molecular weight is 378 g/mol. The fourth-order valence-corrected chi connectivity index (χ4v) is 1.61. The highest BCUT2D eigenvalue weighted by atomic mass is 16.6. The fraction of sp³-hybridized carbons (Fsp3) is 0.833. The van der Waals surface area contributed by atoms with Crippen LogP contribution in [0.15, 0.2) is 12.7 Å². The van der Waals surface area contributed by atoms with Gasteiger partial charge in [0, 0.05) is 12.7 Å². The van der Waals surface area contributed by atoms with E-state index in [2.05, 4.69) is 13.5 Å². The van der Waals surface area contributed by atoms with Crippen molar-refractivity contribution in [2.45, 2.75) is 13.3 Å². The summed E-state index contributed by atoms with van der Waals surface area (Å²) in [7, 11) is 0. The predicted molar refractivity (Wildman–Crippen MR) is 96.4 cm³/mol. The van der Waals surface area contributed by atoms with Crippen molar-refractivity contribution in [3.05, 3.63) is 12.7 Å². The summed E-state index contributed by atoms with van der Waals surface area (Å²) in [5.41, 5.74) is 0. The van der Waals surface area contributed by atoms with Crippen LogP contribution in [-0.2, 0) is 38.0 Å². The summed E-state index contributed by atoms with van der Waals surface area (Å²) in [4.78, 5) is 10.7. The molecule has 0 spiro atoms. The Kier molecular flexibility index (Phi) is 21.1. The van der Waals surface area contributed by atoms with Crippen LogP contribution in [0.1, 0.15) is 13.3 Å². The second-order valence-electron chi connectivity index (χ2n) is 5.05. The van der Waals surface area contributed by atoms with Crippen molar-refractivity contribution in [2.24, 2.45) is 0 Å². The lowest BCUT2D eigenvalue weighted by Crippen LogP contribution is -2.15. The zero-order valence-electron chi connectivity index (χ0n) is 15.9. The minimum Gasteiger partial charge on any atom is -0.460 e. The summed E-state index contributed by atoms with van der Waals surface area (Å²) in [5.74, 6) is -0.449. The van der Waals surface area contributed by atoms with Crippen molar-refractivity contribution in [3.63, 3.8) is 0 Å². The molecule has 0 aliphatic heterocycles. The average Bonchev–Trinajstić information content (AvgIpc) is 2.66. The highest BCUT2D eigenvalue weighted by Gasteiger charge is 1.96. The number of ether oxygens (including phenoxy) is 7. The van der Waals surface area contributed by atoms with Gasteiger partial charge in [0.1, 0.15) is 6.61 Å². The van der Waals surface area contributed by atoms with E-state index in [1.54, 1.807) is 0 Å². The molecule has 26 heavy (non-hydrogen) atoms. The topological polar surface area (TPSA) is 81.7 Å². The van der Waals surface area contributed by atoms with Gasteiger partial charge in [-0.2, -0.15) is 0 Å². The fourth-order valence-electron chi connectivity index (χ4n) is 1.61. The van der Waals surface area contributed by atoms with Crippen molar-refractivity contribution in [1.82, 2.24) is 0 Å². The maximum Gasteiger partial charge on any atom is 0.330 e. The molecule has 0 fully saturated rings. The van der Waals surface area contributed by atoms with Gasteiger partial charge in [-0.05, 0) is 6.42 Å². The Morgan fingerprint density at radius 1 is 0.615 bits per heavy atom. The number of hydrogen-bond acceptors (Lipinski definition) is 8. The van der Waals surface area contributed by atoms with E-state index >= 15 is 0 Å². The monoisotopic (exact) mass is 378 g/mol. The van der Waals surface area contributed by atoms with Crippen molar-refractivity contribution < 1.29 is 38.0 Å². The van der Waals surface area contributed by atoms with Crippen molar-refractivity contribution in [1.29, 1.82) is 0 Å². The number of rotatable bonds is 21. The van der Waals surface area contributed by atoms with E-state index in [9.17, 15) is 4.79 Å². The van der Waals surface area contributed by atoms with E-state index in [1.807, 2.05) is 0 Å². The highest BCUT2D eigenvalue weighted by Crippen LogP contribution is 1.86. The molecule has 0 radical (unpaired) electrons. The van der Waals surface area contributed by atoms with Crippen molar-refractivity contribution in [3.8, 4) is 0 Å². The first-order valence-electron chi connectivity index (χ1n) is 9.07. The van der Waals surface area contributed by atoms with Gasteiger partial charge in [-0.1, -0.05) is 13.5 Å². The zero-order chi connectivity index (χ0) is 19.1. The molecule has 0 rings (SSSR count). The number of carbonyl (C=O) groups excluding carboxylic acids is 1. The normalized spacial score (nSPS) is 10.8. The number of hydrogen-bond donors (Lipinski definition) is 0. The van der Waals surface area contributed by atoms with Gasteiger partial charge in [0.2, 0.25) is 0 Å². The van der Waals surface area contributed by atoms with Crippen LogP contribution in [0.5, 0.6) is 0 Å². The second kappa shape index (κ2) is 22.0. The van der Waals surface area contributed by atoms with Gasteiger partial charge in [0.25, 0.3) is 0 Å². The van der Waals surface area contributed by atoms with E-state index in [0.717, 1.165) is 19.1 Å². The molecule has 0 saturated heterocycles. The molecule has 0 bridgehead atoms. The van der Waals surface area contributed by atoms with E-state index < -0.39 is 5.97 Å². The molecular weight excluding hydrogens is 344 g/mol. The summed E-state index contributed by atoms with van der Waals surface area (Å²) in [6, 6.07) is 0. The molecule has 0 saturated carbocycles. The van der Waals surface area contributed by atoms with E-state index in [-0.39, 0.29) is 6.61 Å². The highest BCUT2D eigenvalue weighted by molar-refractivity contribution is 5.81. The molecule has 0 aliphatic carbocycles. The van der Waals surface area contributed by atoms with E-state index in [4.69, 9.17) is 33.2 Å². The Hall–Kier alpha value is -1.03. The van der Waals surface area contributed by atoms with Crippen LogP contribution in [-0.4, -0.2) is 91.9 Å². The van der Waals surface area contributed by atoms with Gasteiger partial charge in [0.15, 0.2) is 0 Å². The molecule has 154 valence electrons. The Bertz CT molecular complexity index is 312. The summed E-state index contributed by atoms with van der Waals surface area (Å²) >= 11 is 0. The molecule has 0 atom stereocenters. The van der Waals surface area contributed by atoms with Crippen LogP contribution < -0.4 is 0 Å². The van der Waals surface area contributed by atoms with E-state index in [0.29, 0.717) is 72.7 Å². The Morgan fingerprint density at radius 3 is 1.23 bits per heavy atom. The van der Waals surface area contributed by atoms with Crippen molar-refractivity contribution >= 4 is 5.97 Å². The van der Waals surface area contributed by atoms with Crippen LogP contribution in [0.3, 0.4) is 0 Å². The Balaban J connectivity index is 3.01. The minimum atomic E-state index is -0.449. The Labute approximate surface area is 156 Å². The van der Waals surface area contributed by atoms with E-state index in [1.165, 1.54) is 0 Å². The smallest absolute Gasteiger partial charge is 0.330 e. The standard InChI is InChI=1S/C18H34O8/c1-3-5-20-6-7-21-8-9-22-10-11-23-12-13-24-14-15-25-16-17-26-18(19)4-2/h4H,2-3,5-17H2,1H3. The lowest BCUT2D eigenvalue weighted by atomic mass is 10.5. The first kappa shape index (κ1) is 25.0. The third-order valence-electron chi connectivity index (χ3n) is 2.85. The zero-order valence-corrected chi connectivity index (χ0v) is 15.9. The number of carbonyl (C=O) groups is 1. The predicted octanol–water partition coefficient (Wildman–Crippen LogP) is 1.23.